The van der Waals surface area contributed by atoms with Crippen LogP contribution in [0.3, 0.4) is 0 Å². The molecule has 0 atom stereocenters. The van der Waals surface area contributed by atoms with Crippen molar-refractivity contribution in [1.82, 2.24) is 4.98 Å². The van der Waals surface area contributed by atoms with Gasteiger partial charge in [-0.2, -0.15) is 0 Å². The molecule has 0 bridgehead atoms. The molecule has 0 aliphatic heterocycles. The van der Waals surface area contributed by atoms with E-state index in [1.165, 1.54) is 14.2 Å². The fourth-order valence-corrected chi connectivity index (χ4v) is 6.12. The highest BCUT2D eigenvalue weighted by molar-refractivity contribution is 8.16. The molecular formula is C26H25NO5S2. The second-order valence-electron chi connectivity index (χ2n) is 7.52. The lowest BCUT2D eigenvalue weighted by Gasteiger charge is -2.16. The summed E-state index contributed by atoms with van der Waals surface area (Å²) >= 11 is 3.32. The Morgan fingerprint density at radius 2 is 1.59 bits per heavy atom. The van der Waals surface area contributed by atoms with Gasteiger partial charge in [0.15, 0.2) is 5.76 Å². The van der Waals surface area contributed by atoms with E-state index in [2.05, 4.69) is 6.07 Å². The Kier molecular flexibility index (Phi) is 8.13. The van der Waals surface area contributed by atoms with Crippen molar-refractivity contribution in [3.8, 4) is 11.5 Å². The van der Waals surface area contributed by atoms with Gasteiger partial charge in [-0.1, -0.05) is 30.3 Å². The van der Waals surface area contributed by atoms with Gasteiger partial charge in [0.2, 0.25) is 0 Å². The van der Waals surface area contributed by atoms with Crippen LogP contribution in [0.1, 0.15) is 23.0 Å². The zero-order chi connectivity index (χ0) is 23.9. The van der Waals surface area contributed by atoms with Gasteiger partial charge in [0.1, 0.15) is 11.3 Å². The van der Waals surface area contributed by atoms with Gasteiger partial charge >= 0.3 is 11.9 Å². The summed E-state index contributed by atoms with van der Waals surface area (Å²) in [5.74, 6) is 1.50. The molecular weight excluding hydrogens is 470 g/mol. The first kappa shape index (κ1) is 24.2. The summed E-state index contributed by atoms with van der Waals surface area (Å²) in [6.07, 6.45) is 0.669. The van der Waals surface area contributed by atoms with E-state index in [0.717, 1.165) is 33.1 Å². The monoisotopic (exact) mass is 495 g/mol. The molecule has 0 amide bonds. The smallest absolute Gasteiger partial charge is 0.306 e. The van der Waals surface area contributed by atoms with E-state index in [9.17, 15) is 9.59 Å². The fraction of sp³-hybridized carbons (Fsp3) is 0.269. The SMILES string of the molecule is COC(=O)CCSC(SCCC(=O)OC)c1ccc2oc(-c3ccc4ccccc4n3)cc2c1. The highest BCUT2D eigenvalue weighted by Gasteiger charge is 2.17. The lowest BCUT2D eigenvalue weighted by molar-refractivity contribution is -0.140. The number of methoxy groups -OCH3 is 2. The first-order valence-electron chi connectivity index (χ1n) is 10.8. The molecule has 6 nitrogen and oxygen atoms in total. The average Bonchev–Trinajstić information content (AvgIpc) is 3.30. The van der Waals surface area contributed by atoms with Crippen molar-refractivity contribution in [2.24, 2.45) is 0 Å². The minimum absolute atomic E-state index is 0.0517. The fourth-order valence-electron chi connectivity index (χ4n) is 3.48. The molecule has 0 aliphatic carbocycles. The lowest BCUT2D eigenvalue weighted by atomic mass is 10.1. The van der Waals surface area contributed by atoms with Crippen LogP contribution in [0.2, 0.25) is 0 Å². The minimum Gasteiger partial charge on any atom is -0.469 e. The van der Waals surface area contributed by atoms with Gasteiger partial charge < -0.3 is 13.9 Å². The van der Waals surface area contributed by atoms with Crippen LogP contribution in [0, 0.1) is 0 Å². The largest absolute Gasteiger partial charge is 0.469 e. The number of hydrogen-bond acceptors (Lipinski definition) is 8. The standard InChI is InChI=1S/C26H25NO5S2/c1-30-24(28)11-13-33-26(34-14-12-25(29)31-2)18-8-10-22-19(15-18)16-23(32-22)21-9-7-17-5-3-4-6-20(17)27-21/h3-10,15-16,26H,11-14H2,1-2H3. The van der Waals surface area contributed by atoms with E-state index in [0.29, 0.717) is 30.1 Å². The summed E-state index contributed by atoms with van der Waals surface area (Å²) in [5, 5.41) is 2.06. The minimum atomic E-state index is -0.233. The maximum Gasteiger partial charge on any atom is 0.306 e. The Labute approximate surface area is 206 Å². The quantitative estimate of drug-likeness (QED) is 0.189. The summed E-state index contributed by atoms with van der Waals surface area (Å²) in [6, 6.07) is 20.1. The summed E-state index contributed by atoms with van der Waals surface area (Å²) < 4.78 is 15.7. The third-order valence-electron chi connectivity index (χ3n) is 5.27. The van der Waals surface area contributed by atoms with Gasteiger partial charge in [-0.05, 0) is 35.9 Å². The molecule has 0 saturated heterocycles. The number of rotatable bonds is 10. The molecule has 2 aromatic heterocycles. The predicted molar refractivity (Wildman–Crippen MR) is 138 cm³/mol. The Morgan fingerprint density at radius 3 is 2.29 bits per heavy atom. The molecule has 2 aromatic carbocycles. The van der Waals surface area contributed by atoms with E-state index in [1.807, 2.05) is 54.6 Å². The van der Waals surface area contributed by atoms with Crippen LogP contribution in [0.4, 0.5) is 0 Å². The molecule has 0 aliphatic rings. The average molecular weight is 496 g/mol. The van der Waals surface area contributed by atoms with Crippen LogP contribution < -0.4 is 0 Å². The molecule has 0 saturated carbocycles. The predicted octanol–water partition coefficient (Wildman–Crippen LogP) is 6.24. The lowest BCUT2D eigenvalue weighted by Crippen LogP contribution is -2.04. The second-order valence-corrected chi connectivity index (χ2v) is 10.2. The molecule has 0 spiro atoms. The summed E-state index contributed by atoms with van der Waals surface area (Å²) in [5.41, 5.74) is 3.58. The third kappa shape index (κ3) is 5.93. The number of ether oxygens (including phenoxy) is 2. The van der Waals surface area contributed by atoms with Crippen molar-refractivity contribution in [1.29, 1.82) is 0 Å². The van der Waals surface area contributed by atoms with Crippen molar-refractivity contribution in [2.45, 2.75) is 17.4 Å². The van der Waals surface area contributed by atoms with E-state index in [-0.39, 0.29) is 16.5 Å². The van der Waals surface area contributed by atoms with Crippen molar-refractivity contribution in [3.05, 3.63) is 66.2 Å². The van der Waals surface area contributed by atoms with Crippen molar-refractivity contribution < 1.29 is 23.5 Å². The second kappa shape index (κ2) is 11.4. The number of fused-ring (bicyclic) bond motifs is 2. The van der Waals surface area contributed by atoms with Gasteiger partial charge in [0.25, 0.3) is 0 Å². The molecule has 2 heterocycles. The van der Waals surface area contributed by atoms with Crippen LogP contribution in [0.5, 0.6) is 0 Å². The molecule has 0 fully saturated rings. The molecule has 4 rings (SSSR count). The van der Waals surface area contributed by atoms with Crippen molar-refractivity contribution >= 4 is 57.3 Å². The van der Waals surface area contributed by atoms with E-state index < -0.39 is 0 Å². The van der Waals surface area contributed by atoms with Crippen LogP contribution >= 0.6 is 23.5 Å². The number of pyridine rings is 1. The number of para-hydroxylation sites is 1. The molecule has 34 heavy (non-hydrogen) atoms. The normalized spacial score (nSPS) is 11.3. The van der Waals surface area contributed by atoms with Gasteiger partial charge in [-0.25, -0.2) is 4.98 Å². The zero-order valence-corrected chi connectivity index (χ0v) is 20.6. The molecule has 0 radical (unpaired) electrons. The number of aromatic nitrogens is 1. The van der Waals surface area contributed by atoms with Gasteiger partial charge in [0.05, 0.1) is 37.2 Å². The highest BCUT2D eigenvalue weighted by atomic mass is 32.2. The van der Waals surface area contributed by atoms with Crippen LogP contribution in [0.25, 0.3) is 33.3 Å². The number of carbonyl (C=O) groups excluding carboxylic acids is 2. The number of esters is 2. The maximum absolute atomic E-state index is 11.5. The molecule has 8 heteroatoms. The molecule has 0 unspecified atom stereocenters. The van der Waals surface area contributed by atoms with Gasteiger partial charge in [-0.15, -0.1) is 23.5 Å². The highest BCUT2D eigenvalue weighted by Crippen LogP contribution is 2.41. The van der Waals surface area contributed by atoms with E-state index in [1.54, 1.807) is 23.5 Å². The zero-order valence-electron chi connectivity index (χ0n) is 19.0. The molecule has 4 aromatic rings. The van der Waals surface area contributed by atoms with Crippen molar-refractivity contribution in [3.63, 3.8) is 0 Å². The number of thioether (sulfide) groups is 2. The van der Waals surface area contributed by atoms with E-state index >= 15 is 0 Å². The van der Waals surface area contributed by atoms with Crippen LogP contribution in [-0.4, -0.2) is 42.6 Å². The Balaban J connectivity index is 1.56. The number of nitrogens with zero attached hydrogens (tertiary/aromatic N) is 1. The van der Waals surface area contributed by atoms with Crippen LogP contribution in [0.15, 0.2) is 65.1 Å². The third-order valence-corrected chi connectivity index (χ3v) is 8.12. The first-order chi connectivity index (χ1) is 16.6. The number of furan rings is 1. The van der Waals surface area contributed by atoms with Crippen molar-refractivity contribution in [2.75, 3.05) is 25.7 Å². The molecule has 0 N–H and O–H groups in total. The first-order valence-corrected chi connectivity index (χ1v) is 12.9. The van der Waals surface area contributed by atoms with E-state index in [4.69, 9.17) is 18.9 Å². The maximum atomic E-state index is 11.5. The number of hydrogen-bond donors (Lipinski definition) is 0. The number of carbonyl (C=O) groups is 2. The Bertz CT molecular complexity index is 1280. The van der Waals surface area contributed by atoms with Gasteiger partial charge in [0, 0.05) is 22.3 Å². The van der Waals surface area contributed by atoms with Gasteiger partial charge in [-0.3, -0.25) is 9.59 Å². The number of benzene rings is 2. The Hall–Kier alpha value is -2.97. The molecule has 176 valence electrons. The summed E-state index contributed by atoms with van der Waals surface area (Å²) in [6.45, 7) is 0. The topological polar surface area (TPSA) is 78.6 Å². The van der Waals surface area contributed by atoms with Crippen LogP contribution in [-0.2, 0) is 19.1 Å². The summed E-state index contributed by atoms with van der Waals surface area (Å²) in [4.78, 5) is 27.8. The Morgan fingerprint density at radius 1 is 0.882 bits per heavy atom. The summed E-state index contributed by atoms with van der Waals surface area (Å²) in [7, 11) is 2.79.